The van der Waals surface area contributed by atoms with Crippen molar-refractivity contribution >= 4 is 44.7 Å². The van der Waals surface area contributed by atoms with Gasteiger partial charge in [-0.2, -0.15) is 5.10 Å². The lowest BCUT2D eigenvalue weighted by Crippen LogP contribution is -2.45. The molecule has 4 N–H and O–H groups in total. The molecule has 0 bridgehead atoms. The summed E-state index contributed by atoms with van der Waals surface area (Å²) in [5.41, 5.74) is 3.79. The van der Waals surface area contributed by atoms with Crippen molar-refractivity contribution in [2.75, 3.05) is 43.4 Å². The number of rotatable bonds is 7. The predicted octanol–water partition coefficient (Wildman–Crippen LogP) is 4.42. The Morgan fingerprint density at radius 1 is 0.892 bits per heavy atom. The molecule has 9 nitrogen and oxygen atoms in total. The zero-order valence-electron chi connectivity index (χ0n) is 20.8. The van der Waals surface area contributed by atoms with Gasteiger partial charge in [-0.05, 0) is 60.0 Å². The number of piperazine rings is 1. The number of nitrogens with one attached hydrogen (secondary N) is 4. The molecule has 2 aromatic carbocycles. The zero-order chi connectivity index (χ0) is 25.2. The second kappa shape index (κ2) is 10.0. The van der Waals surface area contributed by atoms with E-state index >= 15 is 0 Å². The van der Waals surface area contributed by atoms with Crippen LogP contribution in [-0.4, -0.2) is 62.7 Å². The summed E-state index contributed by atoms with van der Waals surface area (Å²) in [6.45, 7) is 8.74. The number of H-pyrrole nitrogens is 2. The molecule has 1 aliphatic heterocycles. The molecule has 1 saturated heterocycles. The van der Waals surface area contributed by atoms with Crippen LogP contribution in [0.25, 0.3) is 21.7 Å². The fourth-order valence-corrected chi connectivity index (χ4v) is 4.88. The highest BCUT2D eigenvalue weighted by Crippen LogP contribution is 2.27. The molecule has 0 saturated carbocycles. The van der Waals surface area contributed by atoms with Crippen LogP contribution < -0.4 is 16.2 Å². The quantitative estimate of drug-likeness (QED) is 0.265. The molecule has 0 aliphatic carbocycles. The lowest BCUT2D eigenvalue weighted by molar-refractivity contribution is 0.132. The number of nitrogens with zero attached hydrogens (tertiary/aromatic N) is 4. The Morgan fingerprint density at radius 2 is 1.68 bits per heavy atom. The topological polar surface area (TPSA) is 105 Å². The summed E-state index contributed by atoms with van der Waals surface area (Å²) in [6, 6.07) is 18.1. The molecule has 6 rings (SSSR count). The largest absolute Gasteiger partial charge is 0.340 e. The predicted molar refractivity (Wildman–Crippen MR) is 149 cm³/mol. The number of hydrogen-bond donors (Lipinski definition) is 4. The van der Waals surface area contributed by atoms with Gasteiger partial charge in [-0.15, -0.1) is 0 Å². The fourth-order valence-electron chi connectivity index (χ4n) is 4.88. The summed E-state index contributed by atoms with van der Waals surface area (Å²) in [5, 5.41) is 16.2. The Kier molecular flexibility index (Phi) is 6.30. The van der Waals surface area contributed by atoms with E-state index < -0.39 is 0 Å². The highest BCUT2D eigenvalue weighted by Gasteiger charge is 2.16. The SMILES string of the molecule is CCN1CCN(Cc2ccc(Nc3nc(Nc4ccc5cn[nH]c5c4)cc4cc[nH]c(=O)c34)cc2)CC1. The molecule has 0 radical (unpaired) electrons. The minimum atomic E-state index is -0.180. The summed E-state index contributed by atoms with van der Waals surface area (Å²) in [7, 11) is 0. The molecule has 0 spiro atoms. The van der Waals surface area contributed by atoms with E-state index in [2.05, 4.69) is 66.8 Å². The van der Waals surface area contributed by atoms with Gasteiger partial charge in [0.2, 0.25) is 0 Å². The number of hydrogen-bond acceptors (Lipinski definition) is 7. The van der Waals surface area contributed by atoms with Crippen LogP contribution in [0.15, 0.2) is 71.8 Å². The van der Waals surface area contributed by atoms with Crippen LogP contribution in [0.1, 0.15) is 12.5 Å². The van der Waals surface area contributed by atoms with Crippen molar-refractivity contribution in [3.63, 3.8) is 0 Å². The van der Waals surface area contributed by atoms with E-state index in [1.165, 1.54) is 5.56 Å². The van der Waals surface area contributed by atoms with Crippen molar-refractivity contribution in [1.29, 1.82) is 0 Å². The van der Waals surface area contributed by atoms with Crippen LogP contribution in [-0.2, 0) is 6.54 Å². The minimum absolute atomic E-state index is 0.180. The van der Waals surface area contributed by atoms with E-state index in [-0.39, 0.29) is 5.56 Å². The molecule has 4 heterocycles. The third-order valence-electron chi connectivity index (χ3n) is 7.00. The number of likely N-dealkylation sites (N-methyl/N-ethyl adjacent to an activating group) is 1. The van der Waals surface area contributed by atoms with Crippen LogP contribution in [0, 0.1) is 0 Å². The van der Waals surface area contributed by atoms with Gasteiger partial charge in [0.15, 0.2) is 0 Å². The first-order valence-electron chi connectivity index (χ1n) is 12.7. The molecule has 3 aromatic heterocycles. The van der Waals surface area contributed by atoms with Crippen LogP contribution >= 0.6 is 0 Å². The normalized spacial score (nSPS) is 14.8. The van der Waals surface area contributed by atoms with Gasteiger partial charge in [0.25, 0.3) is 5.56 Å². The molecule has 5 aromatic rings. The summed E-state index contributed by atoms with van der Waals surface area (Å²) >= 11 is 0. The molecule has 188 valence electrons. The number of aromatic amines is 2. The van der Waals surface area contributed by atoms with Crippen LogP contribution in [0.5, 0.6) is 0 Å². The van der Waals surface area contributed by atoms with E-state index in [9.17, 15) is 4.79 Å². The van der Waals surface area contributed by atoms with Gasteiger partial charge in [-0.25, -0.2) is 4.98 Å². The summed E-state index contributed by atoms with van der Waals surface area (Å²) in [5.74, 6) is 1.15. The second-order valence-corrected chi connectivity index (χ2v) is 9.46. The molecule has 1 fully saturated rings. The number of aromatic nitrogens is 4. The van der Waals surface area contributed by atoms with E-state index in [0.29, 0.717) is 17.0 Å². The molecule has 37 heavy (non-hydrogen) atoms. The standard InChI is InChI=1S/C28H30N8O/c1-2-35-11-13-36(14-12-35)18-19-3-6-22(7-4-19)32-27-26-20(9-10-29-28(26)37)15-25(33-27)31-23-8-5-21-17-30-34-24(21)16-23/h3-10,15-17H,2,11-14,18H2,1H3,(H,29,37)(H,30,34)(H2,31,32,33). The van der Waals surface area contributed by atoms with Crippen molar-refractivity contribution in [3.8, 4) is 0 Å². The lowest BCUT2D eigenvalue weighted by Gasteiger charge is -2.34. The van der Waals surface area contributed by atoms with E-state index in [1.54, 1.807) is 12.4 Å². The Bertz CT molecular complexity index is 1580. The third-order valence-corrected chi connectivity index (χ3v) is 7.00. The van der Waals surface area contributed by atoms with Gasteiger partial charge in [-0.3, -0.25) is 14.8 Å². The van der Waals surface area contributed by atoms with E-state index in [1.807, 2.05) is 30.3 Å². The molecule has 0 unspecified atom stereocenters. The highest BCUT2D eigenvalue weighted by molar-refractivity contribution is 5.95. The van der Waals surface area contributed by atoms with Gasteiger partial charge in [0, 0.05) is 55.7 Å². The maximum Gasteiger partial charge on any atom is 0.259 e. The molecule has 1 aliphatic rings. The lowest BCUT2D eigenvalue weighted by atomic mass is 10.1. The van der Waals surface area contributed by atoms with Gasteiger partial charge < -0.3 is 20.5 Å². The van der Waals surface area contributed by atoms with Gasteiger partial charge in [0.05, 0.1) is 17.1 Å². The van der Waals surface area contributed by atoms with Crippen LogP contribution in [0.2, 0.25) is 0 Å². The number of pyridine rings is 2. The van der Waals surface area contributed by atoms with Gasteiger partial charge in [0.1, 0.15) is 11.6 Å². The number of fused-ring (bicyclic) bond motifs is 2. The Hall–Kier alpha value is -4.21. The summed E-state index contributed by atoms with van der Waals surface area (Å²) in [4.78, 5) is 25.2. The van der Waals surface area contributed by atoms with Crippen molar-refractivity contribution in [2.24, 2.45) is 0 Å². The Labute approximate surface area is 214 Å². The molecular formula is C28H30N8O. The molecular weight excluding hydrogens is 464 g/mol. The first-order chi connectivity index (χ1) is 18.1. The average Bonchev–Trinajstić information content (AvgIpc) is 3.38. The number of benzene rings is 2. The fraction of sp³-hybridized carbons (Fsp3) is 0.250. The van der Waals surface area contributed by atoms with Gasteiger partial charge in [-0.1, -0.05) is 19.1 Å². The van der Waals surface area contributed by atoms with Crippen LogP contribution in [0.4, 0.5) is 23.0 Å². The molecule has 0 amide bonds. The zero-order valence-corrected chi connectivity index (χ0v) is 20.8. The summed E-state index contributed by atoms with van der Waals surface area (Å²) < 4.78 is 0. The Morgan fingerprint density at radius 3 is 2.49 bits per heavy atom. The van der Waals surface area contributed by atoms with Crippen molar-refractivity contribution in [3.05, 3.63) is 82.9 Å². The maximum absolute atomic E-state index is 12.7. The van der Waals surface area contributed by atoms with E-state index in [4.69, 9.17) is 4.98 Å². The second-order valence-electron chi connectivity index (χ2n) is 9.46. The monoisotopic (exact) mass is 494 g/mol. The van der Waals surface area contributed by atoms with Gasteiger partial charge >= 0.3 is 0 Å². The van der Waals surface area contributed by atoms with Crippen molar-refractivity contribution < 1.29 is 0 Å². The first kappa shape index (κ1) is 23.2. The minimum Gasteiger partial charge on any atom is -0.340 e. The third kappa shape index (κ3) is 5.04. The smallest absolute Gasteiger partial charge is 0.259 e. The van der Waals surface area contributed by atoms with E-state index in [0.717, 1.165) is 66.9 Å². The Balaban J connectivity index is 1.23. The highest BCUT2D eigenvalue weighted by atomic mass is 16.1. The maximum atomic E-state index is 12.7. The first-order valence-corrected chi connectivity index (χ1v) is 12.7. The number of anilines is 4. The average molecular weight is 495 g/mol. The summed E-state index contributed by atoms with van der Waals surface area (Å²) in [6.07, 6.45) is 3.45. The van der Waals surface area contributed by atoms with Crippen molar-refractivity contribution in [1.82, 2.24) is 30.0 Å². The molecule has 9 heteroatoms. The molecule has 0 atom stereocenters. The van der Waals surface area contributed by atoms with Crippen LogP contribution in [0.3, 0.4) is 0 Å². The van der Waals surface area contributed by atoms with Crippen molar-refractivity contribution in [2.45, 2.75) is 13.5 Å².